The zero-order chi connectivity index (χ0) is 9.84. The molecule has 1 atom stereocenters. The normalized spacial score (nSPS) is 12.6. The highest BCUT2D eigenvalue weighted by Crippen LogP contribution is 2.12. The molecule has 0 radical (unpaired) electrons. The maximum Gasteiger partial charge on any atom is 0.128 e. The fourth-order valence-corrected chi connectivity index (χ4v) is 0.989. The first-order valence-corrected chi connectivity index (χ1v) is 4.16. The lowest BCUT2D eigenvalue weighted by atomic mass is 10.2. The molecule has 0 aliphatic heterocycles. The Labute approximate surface area is 78.0 Å². The van der Waals surface area contributed by atoms with Crippen LogP contribution < -0.4 is 10.6 Å². The van der Waals surface area contributed by atoms with Gasteiger partial charge in [-0.2, -0.15) is 0 Å². The monoisotopic (exact) mass is 181 g/mol. The summed E-state index contributed by atoms with van der Waals surface area (Å²) in [5, 5.41) is 8.84. The number of hydrogen-bond acceptors (Lipinski definition) is 4. The lowest BCUT2D eigenvalue weighted by Crippen LogP contribution is -2.18. The lowest BCUT2D eigenvalue weighted by molar-refractivity contribution is 0.266. The molecule has 1 unspecified atom stereocenters. The van der Waals surface area contributed by atoms with Crippen molar-refractivity contribution >= 4 is 5.82 Å². The summed E-state index contributed by atoms with van der Waals surface area (Å²) in [6.45, 7) is -0.0795. The molecule has 0 aliphatic carbocycles. The largest absolute Gasteiger partial charge is 0.394 e. The molecule has 0 spiro atoms. The van der Waals surface area contributed by atoms with Gasteiger partial charge in [-0.25, -0.2) is 4.98 Å². The topological polar surface area (TPSA) is 62.4 Å². The van der Waals surface area contributed by atoms with E-state index in [9.17, 15) is 0 Å². The summed E-state index contributed by atoms with van der Waals surface area (Å²) in [5.41, 5.74) is 6.35. The van der Waals surface area contributed by atoms with E-state index in [0.29, 0.717) is 5.69 Å². The van der Waals surface area contributed by atoms with E-state index >= 15 is 0 Å². The Hall–Kier alpha value is -1.13. The minimum atomic E-state index is -0.389. The molecule has 13 heavy (non-hydrogen) atoms. The van der Waals surface area contributed by atoms with Crippen molar-refractivity contribution in [2.45, 2.75) is 6.04 Å². The van der Waals surface area contributed by atoms with E-state index in [2.05, 4.69) is 4.98 Å². The quantitative estimate of drug-likeness (QED) is 0.696. The zero-order valence-electron chi connectivity index (χ0n) is 7.94. The number of nitrogens with zero attached hydrogens (tertiary/aromatic N) is 2. The third-order valence-electron chi connectivity index (χ3n) is 1.79. The maximum atomic E-state index is 8.84. The number of aromatic nitrogens is 1. The standard InChI is InChI=1S/C9H15N3O/c1-12(2)9-5-3-4-8(11-9)7(10)6-13/h3-5,7,13H,6,10H2,1-2H3. The maximum absolute atomic E-state index is 8.84. The summed E-state index contributed by atoms with van der Waals surface area (Å²) in [7, 11) is 3.83. The number of hydrogen-bond donors (Lipinski definition) is 2. The van der Waals surface area contributed by atoms with Gasteiger partial charge in [0.1, 0.15) is 5.82 Å². The van der Waals surface area contributed by atoms with Crippen molar-refractivity contribution in [2.75, 3.05) is 25.6 Å². The van der Waals surface area contributed by atoms with Crippen molar-refractivity contribution < 1.29 is 5.11 Å². The van der Waals surface area contributed by atoms with Crippen molar-refractivity contribution in [1.29, 1.82) is 0 Å². The Morgan fingerprint density at radius 1 is 1.54 bits per heavy atom. The third kappa shape index (κ3) is 2.40. The summed E-state index contributed by atoms with van der Waals surface area (Å²) in [6.07, 6.45) is 0. The van der Waals surface area contributed by atoms with Crippen LogP contribution in [0.1, 0.15) is 11.7 Å². The fraction of sp³-hybridized carbons (Fsp3) is 0.444. The minimum Gasteiger partial charge on any atom is -0.394 e. The number of anilines is 1. The van der Waals surface area contributed by atoms with Gasteiger partial charge in [-0.05, 0) is 12.1 Å². The minimum absolute atomic E-state index is 0.0795. The van der Waals surface area contributed by atoms with Gasteiger partial charge in [0.2, 0.25) is 0 Å². The Bertz CT molecular complexity index is 275. The molecule has 1 rings (SSSR count). The van der Waals surface area contributed by atoms with Crippen LogP contribution in [0.4, 0.5) is 5.82 Å². The number of nitrogens with two attached hydrogens (primary N) is 1. The molecule has 0 aromatic carbocycles. The second-order valence-corrected chi connectivity index (χ2v) is 3.10. The number of aliphatic hydroxyl groups excluding tert-OH is 1. The summed E-state index contributed by atoms with van der Waals surface area (Å²) < 4.78 is 0. The van der Waals surface area contributed by atoms with Crippen LogP contribution >= 0.6 is 0 Å². The molecule has 0 fully saturated rings. The van der Waals surface area contributed by atoms with Crippen molar-refractivity contribution in [3.63, 3.8) is 0 Å². The Morgan fingerprint density at radius 2 is 2.23 bits per heavy atom. The molecule has 1 heterocycles. The van der Waals surface area contributed by atoms with E-state index < -0.39 is 0 Å². The van der Waals surface area contributed by atoms with Crippen LogP contribution in [0.15, 0.2) is 18.2 Å². The Balaban J connectivity index is 2.91. The van der Waals surface area contributed by atoms with Gasteiger partial charge < -0.3 is 15.7 Å². The van der Waals surface area contributed by atoms with Crippen molar-refractivity contribution in [1.82, 2.24) is 4.98 Å². The summed E-state index contributed by atoms with van der Waals surface area (Å²) in [6, 6.07) is 5.20. The first kappa shape index (κ1) is 9.95. The Kier molecular flexibility index (Phi) is 3.22. The third-order valence-corrected chi connectivity index (χ3v) is 1.79. The second-order valence-electron chi connectivity index (χ2n) is 3.10. The van der Waals surface area contributed by atoms with Gasteiger partial charge in [0.25, 0.3) is 0 Å². The summed E-state index contributed by atoms with van der Waals surface area (Å²) in [5.74, 6) is 0.849. The first-order chi connectivity index (χ1) is 6.15. The fourth-order valence-electron chi connectivity index (χ4n) is 0.989. The second kappa shape index (κ2) is 4.20. The first-order valence-electron chi connectivity index (χ1n) is 4.16. The van der Waals surface area contributed by atoms with Gasteiger partial charge in [0.05, 0.1) is 18.3 Å². The van der Waals surface area contributed by atoms with Crippen LogP contribution in [0.3, 0.4) is 0 Å². The number of aliphatic hydroxyl groups is 1. The van der Waals surface area contributed by atoms with Crippen LogP contribution in [0.25, 0.3) is 0 Å². The van der Waals surface area contributed by atoms with Crippen LogP contribution in [-0.2, 0) is 0 Å². The van der Waals surface area contributed by atoms with Crippen LogP contribution in [-0.4, -0.2) is 30.8 Å². The summed E-state index contributed by atoms with van der Waals surface area (Å²) >= 11 is 0. The number of pyridine rings is 1. The molecule has 0 bridgehead atoms. The molecule has 1 aromatic heterocycles. The molecule has 0 saturated heterocycles. The SMILES string of the molecule is CN(C)c1cccc(C(N)CO)n1. The molecule has 72 valence electrons. The van der Waals surface area contributed by atoms with Crippen LogP contribution in [0, 0.1) is 0 Å². The van der Waals surface area contributed by atoms with Crippen molar-refractivity contribution in [3.05, 3.63) is 23.9 Å². The zero-order valence-corrected chi connectivity index (χ0v) is 7.94. The molecule has 4 heteroatoms. The predicted molar refractivity (Wildman–Crippen MR) is 52.6 cm³/mol. The van der Waals surface area contributed by atoms with Gasteiger partial charge in [-0.1, -0.05) is 6.07 Å². The molecule has 4 nitrogen and oxygen atoms in total. The Morgan fingerprint density at radius 3 is 2.77 bits per heavy atom. The molecule has 0 aliphatic rings. The van der Waals surface area contributed by atoms with Gasteiger partial charge >= 0.3 is 0 Å². The van der Waals surface area contributed by atoms with E-state index in [4.69, 9.17) is 10.8 Å². The van der Waals surface area contributed by atoms with Gasteiger partial charge in [0.15, 0.2) is 0 Å². The lowest BCUT2D eigenvalue weighted by Gasteiger charge is -2.14. The van der Waals surface area contributed by atoms with Crippen LogP contribution in [0.5, 0.6) is 0 Å². The highest BCUT2D eigenvalue weighted by atomic mass is 16.3. The molecule has 1 aromatic rings. The molecule has 0 amide bonds. The van der Waals surface area contributed by atoms with E-state index in [0.717, 1.165) is 5.82 Å². The van der Waals surface area contributed by atoms with Gasteiger partial charge in [-0.3, -0.25) is 0 Å². The van der Waals surface area contributed by atoms with Gasteiger partial charge in [-0.15, -0.1) is 0 Å². The highest BCUT2D eigenvalue weighted by Gasteiger charge is 2.06. The average Bonchev–Trinajstić information content (AvgIpc) is 2.17. The van der Waals surface area contributed by atoms with Gasteiger partial charge in [0, 0.05) is 14.1 Å². The van der Waals surface area contributed by atoms with Crippen molar-refractivity contribution in [3.8, 4) is 0 Å². The van der Waals surface area contributed by atoms with Crippen molar-refractivity contribution in [2.24, 2.45) is 5.73 Å². The van der Waals surface area contributed by atoms with E-state index in [-0.39, 0.29) is 12.6 Å². The summed E-state index contributed by atoms with van der Waals surface area (Å²) in [4.78, 5) is 6.18. The average molecular weight is 181 g/mol. The smallest absolute Gasteiger partial charge is 0.128 e. The predicted octanol–water partition coefficient (Wildman–Crippen LogP) is 0.140. The molecule has 0 saturated carbocycles. The molecular weight excluding hydrogens is 166 g/mol. The van der Waals surface area contributed by atoms with Crippen LogP contribution in [0.2, 0.25) is 0 Å². The molecule has 3 N–H and O–H groups in total. The van der Waals surface area contributed by atoms with E-state index in [1.807, 2.05) is 37.2 Å². The number of rotatable bonds is 3. The van der Waals surface area contributed by atoms with E-state index in [1.54, 1.807) is 0 Å². The molecular formula is C9H15N3O. The highest BCUT2D eigenvalue weighted by molar-refractivity contribution is 5.37. The van der Waals surface area contributed by atoms with E-state index in [1.165, 1.54) is 0 Å².